The minimum Gasteiger partial charge on any atom is -0.360 e. The summed E-state index contributed by atoms with van der Waals surface area (Å²) in [4.78, 5) is 3.92. The maximum Gasteiger partial charge on any atom is 0.175 e. The third-order valence-corrected chi connectivity index (χ3v) is 5.56. The molecule has 1 fully saturated rings. The van der Waals surface area contributed by atoms with Gasteiger partial charge in [0.1, 0.15) is 18.0 Å². The molecule has 138 valence electrons. The fourth-order valence-corrected chi connectivity index (χ4v) is 4.04. The number of terminal acetylenes is 1. The molecule has 1 aliphatic heterocycles. The number of hydrogen-bond acceptors (Lipinski definition) is 3. The van der Waals surface area contributed by atoms with Crippen LogP contribution in [0.15, 0.2) is 47.5 Å². The van der Waals surface area contributed by atoms with Gasteiger partial charge in [-0.1, -0.05) is 59.1 Å². The van der Waals surface area contributed by atoms with E-state index in [9.17, 15) is 0 Å². The first-order valence-corrected chi connectivity index (χ1v) is 9.77. The van der Waals surface area contributed by atoms with Crippen LogP contribution < -0.4 is 5.32 Å². The standard InChI is InChI=1S/C19H14Cl3N3OS/c1-2-27-18(25-11-23)24-10-19(14-5-3-4-6-15(14)21)17(26-19)13-8-7-12(20)9-16(13)22/h1,3-9,11,17H,10H2,(H2,23,24,25)/t17-,19-/m1/s1. The average Bonchev–Trinajstić information content (AvgIpc) is 3.35. The zero-order valence-electron chi connectivity index (χ0n) is 13.9. The number of rotatable bonds is 5. The van der Waals surface area contributed by atoms with E-state index < -0.39 is 5.60 Å². The molecule has 2 aromatic rings. The van der Waals surface area contributed by atoms with E-state index in [1.807, 2.05) is 30.3 Å². The van der Waals surface area contributed by atoms with Crippen molar-refractivity contribution in [3.05, 3.63) is 68.7 Å². The van der Waals surface area contributed by atoms with Crippen LogP contribution in [0, 0.1) is 17.1 Å². The SMILES string of the molecule is C#CS/C(=N/C=N)NC[C@]1(c2ccccc2Cl)O[C@@H]1c1ccc(Cl)cc1Cl. The summed E-state index contributed by atoms with van der Waals surface area (Å²) in [5.41, 5.74) is 0.904. The van der Waals surface area contributed by atoms with Crippen LogP contribution >= 0.6 is 46.6 Å². The van der Waals surface area contributed by atoms with Crippen LogP contribution in [0.3, 0.4) is 0 Å². The number of epoxide rings is 1. The van der Waals surface area contributed by atoms with E-state index in [1.54, 1.807) is 12.1 Å². The van der Waals surface area contributed by atoms with Gasteiger partial charge in [0, 0.05) is 26.2 Å². The smallest absolute Gasteiger partial charge is 0.175 e. The zero-order chi connectivity index (χ0) is 19.4. The van der Waals surface area contributed by atoms with Crippen LogP contribution in [0.5, 0.6) is 0 Å². The molecule has 1 aliphatic rings. The fourth-order valence-electron chi connectivity index (χ4n) is 2.87. The molecule has 8 heteroatoms. The number of halogens is 3. The van der Waals surface area contributed by atoms with E-state index in [-0.39, 0.29) is 6.10 Å². The Morgan fingerprint density at radius 3 is 2.74 bits per heavy atom. The maximum atomic E-state index is 7.17. The topological polar surface area (TPSA) is 60.8 Å². The molecule has 0 bridgehead atoms. The largest absolute Gasteiger partial charge is 0.360 e. The van der Waals surface area contributed by atoms with Gasteiger partial charge in [-0.05, 0) is 35.2 Å². The third kappa shape index (κ3) is 4.26. The molecular weight excluding hydrogens is 425 g/mol. The van der Waals surface area contributed by atoms with Crippen molar-refractivity contribution in [3.8, 4) is 11.7 Å². The summed E-state index contributed by atoms with van der Waals surface area (Å²) in [5, 5.41) is 14.8. The highest BCUT2D eigenvalue weighted by molar-refractivity contribution is 8.17. The number of hydrogen-bond donors (Lipinski definition) is 2. The fraction of sp³-hybridized carbons (Fsp3) is 0.158. The van der Waals surface area contributed by atoms with Gasteiger partial charge in [0.05, 0.1) is 6.54 Å². The molecule has 0 aliphatic carbocycles. The summed E-state index contributed by atoms with van der Waals surface area (Å²) in [5.74, 6) is 0. The van der Waals surface area contributed by atoms with Crippen LogP contribution in [0.1, 0.15) is 17.2 Å². The monoisotopic (exact) mass is 437 g/mol. The highest BCUT2D eigenvalue weighted by Crippen LogP contribution is 2.59. The number of ether oxygens (including phenoxy) is 1. The minimum absolute atomic E-state index is 0.313. The molecule has 27 heavy (non-hydrogen) atoms. The van der Waals surface area contributed by atoms with E-state index in [4.69, 9.17) is 51.4 Å². The Hall–Kier alpha value is -1.68. The molecule has 2 atom stereocenters. The van der Waals surface area contributed by atoms with Crippen molar-refractivity contribution in [2.24, 2.45) is 4.99 Å². The Labute approximate surface area is 176 Å². The Bertz CT molecular complexity index is 944. The van der Waals surface area contributed by atoms with Gasteiger partial charge in [0.15, 0.2) is 5.17 Å². The number of aliphatic imine (C=N–C) groups is 1. The molecule has 0 amide bonds. The second-order valence-corrected chi connectivity index (χ2v) is 7.75. The lowest BCUT2D eigenvalue weighted by Crippen LogP contribution is -2.32. The van der Waals surface area contributed by atoms with Gasteiger partial charge < -0.3 is 10.1 Å². The first-order valence-electron chi connectivity index (χ1n) is 7.82. The lowest BCUT2D eigenvalue weighted by atomic mass is 9.91. The highest BCUT2D eigenvalue weighted by Gasteiger charge is 2.60. The van der Waals surface area contributed by atoms with Crippen LogP contribution in [-0.4, -0.2) is 18.1 Å². The van der Waals surface area contributed by atoms with Crippen molar-refractivity contribution in [1.82, 2.24) is 5.32 Å². The summed E-state index contributed by atoms with van der Waals surface area (Å²) in [6.45, 7) is 0.349. The molecule has 4 nitrogen and oxygen atoms in total. The number of nitrogens with zero attached hydrogens (tertiary/aromatic N) is 1. The average molecular weight is 439 g/mol. The molecule has 0 aromatic heterocycles. The van der Waals surface area contributed by atoms with E-state index in [1.165, 1.54) is 0 Å². The molecule has 0 spiro atoms. The molecule has 3 rings (SSSR count). The second kappa shape index (κ2) is 8.55. The Kier molecular flexibility index (Phi) is 6.36. The van der Waals surface area contributed by atoms with Crippen molar-refractivity contribution in [2.45, 2.75) is 11.7 Å². The molecule has 2 N–H and O–H groups in total. The Morgan fingerprint density at radius 1 is 1.30 bits per heavy atom. The normalized spacial score (nSPS) is 21.4. The van der Waals surface area contributed by atoms with Crippen molar-refractivity contribution in [1.29, 1.82) is 5.41 Å². The van der Waals surface area contributed by atoms with Gasteiger partial charge in [-0.2, -0.15) is 0 Å². The van der Waals surface area contributed by atoms with Crippen LogP contribution in [0.2, 0.25) is 15.1 Å². The second-order valence-electron chi connectivity index (χ2n) is 5.67. The summed E-state index contributed by atoms with van der Waals surface area (Å²) < 4.78 is 6.14. The number of nitrogens with one attached hydrogen (secondary N) is 2. The zero-order valence-corrected chi connectivity index (χ0v) is 17.0. The van der Waals surface area contributed by atoms with Gasteiger partial charge in [-0.25, -0.2) is 4.99 Å². The molecule has 1 saturated heterocycles. The van der Waals surface area contributed by atoms with Crippen molar-refractivity contribution >= 4 is 58.1 Å². The number of thioether (sulfide) groups is 1. The van der Waals surface area contributed by atoms with Crippen molar-refractivity contribution in [2.75, 3.05) is 6.54 Å². The van der Waals surface area contributed by atoms with E-state index in [0.717, 1.165) is 29.2 Å². The summed E-state index contributed by atoms with van der Waals surface area (Å²) >= 11 is 19.9. The van der Waals surface area contributed by atoms with Gasteiger partial charge >= 0.3 is 0 Å². The predicted octanol–water partition coefficient (Wildman–Crippen LogP) is 5.49. The third-order valence-electron chi connectivity index (χ3n) is 4.11. The number of amidine groups is 1. The van der Waals surface area contributed by atoms with Gasteiger partial charge in [-0.3, -0.25) is 5.41 Å². The van der Waals surface area contributed by atoms with E-state index in [2.05, 4.69) is 15.6 Å². The lowest BCUT2D eigenvalue weighted by molar-refractivity contribution is 0.296. The Morgan fingerprint density at radius 2 is 2.07 bits per heavy atom. The first kappa shape index (κ1) is 20.1. The minimum atomic E-state index is -0.742. The molecular formula is C19H14Cl3N3OS. The lowest BCUT2D eigenvalue weighted by Gasteiger charge is -2.17. The molecule has 1 heterocycles. The Balaban J connectivity index is 1.95. The number of benzene rings is 2. The predicted molar refractivity (Wildman–Crippen MR) is 114 cm³/mol. The molecule has 0 unspecified atom stereocenters. The van der Waals surface area contributed by atoms with Crippen molar-refractivity contribution < 1.29 is 4.74 Å². The van der Waals surface area contributed by atoms with Crippen LogP contribution in [0.4, 0.5) is 0 Å². The van der Waals surface area contributed by atoms with E-state index >= 15 is 0 Å². The van der Waals surface area contributed by atoms with Gasteiger partial charge in [0.2, 0.25) is 0 Å². The first-order chi connectivity index (χ1) is 13.0. The van der Waals surface area contributed by atoms with Crippen LogP contribution in [0.25, 0.3) is 0 Å². The quantitative estimate of drug-likeness (QED) is 0.281. The van der Waals surface area contributed by atoms with Crippen molar-refractivity contribution in [3.63, 3.8) is 0 Å². The van der Waals surface area contributed by atoms with E-state index in [0.29, 0.717) is 26.8 Å². The molecule has 0 saturated carbocycles. The highest BCUT2D eigenvalue weighted by atomic mass is 35.5. The van der Waals surface area contributed by atoms with Gasteiger partial charge in [0.25, 0.3) is 0 Å². The summed E-state index contributed by atoms with van der Waals surface area (Å²) in [6.07, 6.45) is 5.95. The van der Waals surface area contributed by atoms with Crippen LogP contribution in [-0.2, 0) is 10.3 Å². The molecule has 2 aromatic carbocycles. The van der Waals surface area contributed by atoms with Gasteiger partial charge in [-0.15, -0.1) is 6.42 Å². The summed E-state index contributed by atoms with van der Waals surface area (Å²) in [7, 11) is 0. The maximum absolute atomic E-state index is 7.17. The summed E-state index contributed by atoms with van der Waals surface area (Å²) in [6, 6.07) is 12.8. The molecule has 0 radical (unpaired) electrons.